The van der Waals surface area contributed by atoms with Crippen LogP contribution in [0.4, 0.5) is 13.2 Å². The number of aromatic nitrogens is 3. The first kappa shape index (κ1) is 24.1. The normalized spacial score (nSPS) is 19.9. The number of amides is 1. The number of carbonyl (C=O) groups excluding carboxylic acids is 1. The lowest BCUT2D eigenvalue weighted by molar-refractivity contribution is -0.141. The van der Waals surface area contributed by atoms with Gasteiger partial charge in [0.1, 0.15) is 11.8 Å². The third-order valence-corrected chi connectivity index (χ3v) is 6.41. The SMILES string of the molecule is C[C@@H]1CC[C@@H](Oc2nccn3c(C(F)(F)F)cnc23)CN1C(=O)c1ccccc1CCS(=O)O. The van der Waals surface area contributed by atoms with Gasteiger partial charge in [-0.2, -0.15) is 13.2 Å². The van der Waals surface area contributed by atoms with E-state index in [1.54, 1.807) is 29.2 Å². The lowest BCUT2D eigenvalue weighted by Gasteiger charge is -2.38. The van der Waals surface area contributed by atoms with Gasteiger partial charge in [0, 0.05) is 24.0 Å². The number of alkyl halides is 3. The summed E-state index contributed by atoms with van der Waals surface area (Å²) in [6.45, 7) is 2.14. The Kier molecular flexibility index (Phi) is 6.89. The molecule has 1 unspecified atom stereocenters. The van der Waals surface area contributed by atoms with Gasteiger partial charge in [0.2, 0.25) is 5.65 Å². The van der Waals surface area contributed by atoms with E-state index in [1.165, 1.54) is 12.4 Å². The number of hydrogen-bond donors (Lipinski definition) is 1. The molecule has 182 valence electrons. The summed E-state index contributed by atoms with van der Waals surface area (Å²) >= 11 is -1.97. The Balaban J connectivity index is 1.54. The first-order valence-corrected chi connectivity index (χ1v) is 11.9. The molecule has 0 saturated carbocycles. The largest absolute Gasteiger partial charge is 0.470 e. The fraction of sp³-hybridized carbons (Fsp3) is 0.409. The van der Waals surface area contributed by atoms with Gasteiger partial charge in [-0.05, 0) is 37.8 Å². The summed E-state index contributed by atoms with van der Waals surface area (Å²) in [5.41, 5.74) is 0.148. The van der Waals surface area contributed by atoms with Crippen molar-refractivity contribution in [2.24, 2.45) is 0 Å². The van der Waals surface area contributed by atoms with E-state index in [0.717, 1.165) is 10.6 Å². The number of aryl methyl sites for hydroxylation is 1. The van der Waals surface area contributed by atoms with E-state index < -0.39 is 29.1 Å². The minimum absolute atomic E-state index is 0.0193. The maximum atomic E-state index is 13.4. The summed E-state index contributed by atoms with van der Waals surface area (Å²) < 4.78 is 66.7. The number of rotatable bonds is 6. The number of halogens is 3. The molecule has 0 aliphatic carbocycles. The molecule has 0 spiro atoms. The Bertz CT molecular complexity index is 1220. The molecule has 34 heavy (non-hydrogen) atoms. The van der Waals surface area contributed by atoms with Crippen LogP contribution in [0, 0.1) is 0 Å². The standard InChI is InChI=1S/C22H23F3N4O4S/c1-14-6-7-16(33-20-19-27-12-18(22(23,24)25)28(19)10-9-26-20)13-29(14)21(30)17-5-3-2-4-15(17)8-11-34(31)32/h2-5,9-10,12,14,16H,6-8,11,13H2,1H3,(H,31,32)/t14-,16-/m1/s1. The van der Waals surface area contributed by atoms with Crippen molar-refractivity contribution in [1.82, 2.24) is 19.3 Å². The number of piperidine rings is 1. The molecule has 1 N–H and O–H groups in total. The second kappa shape index (κ2) is 9.71. The second-order valence-electron chi connectivity index (χ2n) is 8.12. The van der Waals surface area contributed by atoms with Gasteiger partial charge in [-0.1, -0.05) is 18.2 Å². The topological polar surface area (TPSA) is 97.0 Å². The van der Waals surface area contributed by atoms with Crippen molar-refractivity contribution in [3.8, 4) is 5.88 Å². The van der Waals surface area contributed by atoms with Gasteiger partial charge in [0.15, 0.2) is 11.1 Å². The van der Waals surface area contributed by atoms with E-state index >= 15 is 0 Å². The van der Waals surface area contributed by atoms with Gasteiger partial charge in [0.05, 0.1) is 18.5 Å². The molecular weight excluding hydrogens is 473 g/mol. The van der Waals surface area contributed by atoms with Crippen molar-refractivity contribution < 1.29 is 31.5 Å². The smallest absolute Gasteiger partial charge is 0.433 e. The number of imidazole rings is 1. The summed E-state index contributed by atoms with van der Waals surface area (Å²) in [4.78, 5) is 22.9. The predicted molar refractivity (Wildman–Crippen MR) is 118 cm³/mol. The zero-order valence-electron chi connectivity index (χ0n) is 18.2. The van der Waals surface area contributed by atoms with E-state index in [9.17, 15) is 22.2 Å². The zero-order valence-corrected chi connectivity index (χ0v) is 19.1. The number of hydrogen-bond acceptors (Lipinski definition) is 5. The molecule has 1 aliphatic heterocycles. The van der Waals surface area contributed by atoms with E-state index in [-0.39, 0.29) is 42.2 Å². The van der Waals surface area contributed by atoms with E-state index in [2.05, 4.69) is 9.97 Å². The monoisotopic (exact) mass is 496 g/mol. The first-order valence-electron chi connectivity index (χ1n) is 10.7. The van der Waals surface area contributed by atoms with Crippen molar-refractivity contribution in [2.45, 2.75) is 44.5 Å². The Morgan fingerprint density at radius 2 is 2.03 bits per heavy atom. The fourth-order valence-electron chi connectivity index (χ4n) is 4.10. The maximum absolute atomic E-state index is 13.4. The van der Waals surface area contributed by atoms with Crippen LogP contribution in [-0.2, 0) is 23.7 Å². The number of nitrogens with zero attached hydrogens (tertiary/aromatic N) is 4. The van der Waals surface area contributed by atoms with Crippen molar-refractivity contribution in [3.63, 3.8) is 0 Å². The van der Waals surface area contributed by atoms with Crippen LogP contribution in [0.3, 0.4) is 0 Å². The van der Waals surface area contributed by atoms with Gasteiger partial charge >= 0.3 is 6.18 Å². The highest BCUT2D eigenvalue weighted by Crippen LogP contribution is 2.32. The summed E-state index contributed by atoms with van der Waals surface area (Å²) in [5, 5.41) is 0. The Labute approximate surface area is 196 Å². The molecule has 1 saturated heterocycles. The first-order chi connectivity index (χ1) is 16.1. The lowest BCUT2D eigenvalue weighted by atomic mass is 9.98. The molecule has 4 rings (SSSR count). The molecule has 0 radical (unpaired) electrons. The number of fused-ring (bicyclic) bond motifs is 1. The average molecular weight is 497 g/mol. The third kappa shape index (κ3) is 5.07. The van der Waals surface area contributed by atoms with Crippen molar-refractivity contribution in [2.75, 3.05) is 12.3 Å². The van der Waals surface area contributed by atoms with Crippen molar-refractivity contribution >= 4 is 22.6 Å². The maximum Gasteiger partial charge on any atom is 0.433 e. The quantitative estimate of drug-likeness (QED) is 0.524. The number of carbonyl (C=O) groups is 1. The van der Waals surface area contributed by atoms with Gasteiger partial charge < -0.3 is 14.2 Å². The number of ether oxygens (including phenoxy) is 1. The van der Waals surface area contributed by atoms with E-state index in [1.807, 2.05) is 6.92 Å². The van der Waals surface area contributed by atoms with Crippen LogP contribution in [0.15, 0.2) is 42.9 Å². The van der Waals surface area contributed by atoms with Gasteiger partial charge in [-0.25, -0.2) is 14.2 Å². The third-order valence-electron chi connectivity index (χ3n) is 5.86. The van der Waals surface area contributed by atoms with Crippen LogP contribution in [0.5, 0.6) is 5.88 Å². The molecule has 3 atom stereocenters. The molecule has 0 bridgehead atoms. The average Bonchev–Trinajstić information content (AvgIpc) is 3.24. The summed E-state index contributed by atoms with van der Waals surface area (Å²) in [7, 11) is 0. The molecule has 12 heteroatoms. The van der Waals surface area contributed by atoms with Crippen LogP contribution in [0.2, 0.25) is 0 Å². The van der Waals surface area contributed by atoms with Crippen LogP contribution < -0.4 is 4.74 Å². The van der Waals surface area contributed by atoms with Crippen LogP contribution in [0.1, 0.15) is 41.4 Å². The van der Waals surface area contributed by atoms with Crippen LogP contribution in [0.25, 0.3) is 5.65 Å². The molecular formula is C22H23F3N4O4S. The Morgan fingerprint density at radius 1 is 1.26 bits per heavy atom. The van der Waals surface area contributed by atoms with Gasteiger partial charge in [-0.15, -0.1) is 0 Å². The molecule has 1 fully saturated rings. The predicted octanol–water partition coefficient (Wildman–Crippen LogP) is 3.58. The summed E-state index contributed by atoms with van der Waals surface area (Å²) in [6, 6.07) is 6.85. The molecule has 1 amide bonds. The minimum atomic E-state index is -4.57. The summed E-state index contributed by atoms with van der Waals surface area (Å²) in [6.07, 6.45) is -0.433. The minimum Gasteiger partial charge on any atom is -0.470 e. The number of benzene rings is 1. The zero-order chi connectivity index (χ0) is 24.5. The van der Waals surface area contributed by atoms with Crippen LogP contribution in [-0.4, -0.2) is 58.4 Å². The summed E-state index contributed by atoms with van der Waals surface area (Å²) in [5.74, 6) is -0.242. The van der Waals surface area contributed by atoms with Crippen LogP contribution >= 0.6 is 0 Å². The second-order valence-corrected chi connectivity index (χ2v) is 9.17. The highest BCUT2D eigenvalue weighted by molar-refractivity contribution is 7.79. The van der Waals surface area contributed by atoms with E-state index in [0.29, 0.717) is 24.0 Å². The van der Waals surface area contributed by atoms with Crippen molar-refractivity contribution in [3.05, 3.63) is 59.7 Å². The Hall–Kier alpha value is -2.99. The molecule has 8 nitrogen and oxygen atoms in total. The van der Waals surface area contributed by atoms with Gasteiger partial charge in [0.25, 0.3) is 11.8 Å². The molecule has 1 aliphatic rings. The molecule has 2 aromatic heterocycles. The molecule has 1 aromatic carbocycles. The van der Waals surface area contributed by atoms with Gasteiger partial charge in [-0.3, -0.25) is 9.20 Å². The Morgan fingerprint density at radius 3 is 2.76 bits per heavy atom. The molecule has 3 heterocycles. The highest BCUT2D eigenvalue weighted by Gasteiger charge is 2.36. The van der Waals surface area contributed by atoms with Crippen molar-refractivity contribution in [1.29, 1.82) is 0 Å². The number of likely N-dealkylation sites (tertiary alicyclic amines) is 1. The fourth-order valence-corrected chi connectivity index (χ4v) is 4.49. The van der Waals surface area contributed by atoms with E-state index in [4.69, 9.17) is 9.29 Å². The highest BCUT2D eigenvalue weighted by atomic mass is 32.2. The molecule has 3 aromatic rings. The lowest BCUT2D eigenvalue weighted by Crippen LogP contribution is -2.49.